The summed E-state index contributed by atoms with van der Waals surface area (Å²) >= 11 is 12.1. The molecule has 0 unspecified atom stereocenters. The minimum absolute atomic E-state index is 0.0377. The molecule has 0 saturated carbocycles. The first-order valence-corrected chi connectivity index (χ1v) is 9.59. The second-order valence-corrected chi connectivity index (χ2v) is 7.56. The molecule has 7 heteroatoms. The van der Waals surface area contributed by atoms with Crippen LogP contribution < -0.4 is 4.90 Å². The Morgan fingerprint density at radius 3 is 2.48 bits per heavy atom. The van der Waals surface area contributed by atoms with Crippen molar-refractivity contribution in [1.82, 2.24) is 9.80 Å². The number of rotatable bonds is 5. The smallest absolute Gasteiger partial charge is 0.236 e. The van der Waals surface area contributed by atoms with Crippen molar-refractivity contribution < 1.29 is 9.18 Å². The number of carbonyl (C=O) groups is 1. The predicted molar refractivity (Wildman–Crippen MR) is 108 cm³/mol. The van der Waals surface area contributed by atoms with Crippen molar-refractivity contribution in [3.63, 3.8) is 0 Å². The van der Waals surface area contributed by atoms with E-state index in [0.717, 1.165) is 18.8 Å². The topological polar surface area (TPSA) is 26.8 Å². The van der Waals surface area contributed by atoms with Crippen molar-refractivity contribution >= 4 is 34.8 Å². The zero-order valence-electron chi connectivity index (χ0n) is 15.2. The zero-order chi connectivity index (χ0) is 19.4. The maximum atomic E-state index is 13.9. The minimum Gasteiger partial charge on any atom is -0.368 e. The predicted octanol–water partition coefficient (Wildman–Crippen LogP) is 3.91. The van der Waals surface area contributed by atoms with E-state index in [4.69, 9.17) is 23.2 Å². The summed E-state index contributed by atoms with van der Waals surface area (Å²) in [7, 11) is 1.79. The van der Waals surface area contributed by atoms with Gasteiger partial charge in [0.15, 0.2) is 0 Å². The summed E-state index contributed by atoms with van der Waals surface area (Å²) in [5, 5.41) is 1.09. The molecule has 2 aromatic carbocycles. The molecule has 27 heavy (non-hydrogen) atoms. The Balaban J connectivity index is 1.52. The van der Waals surface area contributed by atoms with Gasteiger partial charge < -0.3 is 9.80 Å². The highest BCUT2D eigenvalue weighted by molar-refractivity contribution is 6.31. The average Bonchev–Trinajstić information content (AvgIpc) is 2.65. The first kappa shape index (κ1) is 19.9. The second-order valence-electron chi connectivity index (χ2n) is 6.72. The lowest BCUT2D eigenvalue weighted by Gasteiger charge is -2.36. The number of benzene rings is 2. The number of anilines is 1. The van der Waals surface area contributed by atoms with Gasteiger partial charge in [0.1, 0.15) is 5.82 Å². The van der Waals surface area contributed by atoms with Gasteiger partial charge in [-0.1, -0.05) is 35.3 Å². The van der Waals surface area contributed by atoms with E-state index in [1.165, 1.54) is 6.07 Å². The molecule has 0 spiro atoms. The van der Waals surface area contributed by atoms with E-state index < -0.39 is 0 Å². The van der Waals surface area contributed by atoms with E-state index in [0.29, 0.717) is 35.2 Å². The average molecular weight is 410 g/mol. The molecule has 2 aromatic rings. The fourth-order valence-corrected chi connectivity index (χ4v) is 3.63. The normalized spacial score (nSPS) is 14.7. The molecular formula is C20H22Cl2FN3O. The number of piperazine rings is 1. The Kier molecular flexibility index (Phi) is 6.58. The monoisotopic (exact) mass is 409 g/mol. The molecule has 1 heterocycles. The van der Waals surface area contributed by atoms with Gasteiger partial charge in [-0.15, -0.1) is 0 Å². The summed E-state index contributed by atoms with van der Waals surface area (Å²) in [6.45, 7) is 3.34. The van der Waals surface area contributed by atoms with E-state index in [-0.39, 0.29) is 18.3 Å². The Hall–Kier alpha value is -1.82. The third-order valence-corrected chi connectivity index (χ3v) is 5.29. The second kappa shape index (κ2) is 8.91. The molecule has 4 nitrogen and oxygen atoms in total. The Labute approximate surface area is 169 Å². The molecule has 0 atom stereocenters. The van der Waals surface area contributed by atoms with Gasteiger partial charge in [-0.05, 0) is 37.4 Å². The van der Waals surface area contributed by atoms with Gasteiger partial charge in [0.05, 0.1) is 6.54 Å². The quantitative estimate of drug-likeness (QED) is 0.748. The van der Waals surface area contributed by atoms with Crippen molar-refractivity contribution in [1.29, 1.82) is 0 Å². The molecule has 0 aromatic heterocycles. The lowest BCUT2D eigenvalue weighted by atomic mass is 10.2. The van der Waals surface area contributed by atoms with Gasteiger partial charge in [-0.3, -0.25) is 9.69 Å². The zero-order valence-corrected chi connectivity index (χ0v) is 16.7. The summed E-state index contributed by atoms with van der Waals surface area (Å²) in [5.41, 5.74) is 1.49. The number of carbonyl (C=O) groups excluding carboxylic acids is 1. The molecule has 1 fully saturated rings. The summed E-state index contributed by atoms with van der Waals surface area (Å²) in [4.78, 5) is 18.4. The van der Waals surface area contributed by atoms with Crippen LogP contribution in [0.15, 0.2) is 42.5 Å². The number of likely N-dealkylation sites (N-methyl/N-ethyl adjacent to an activating group) is 1. The Bertz CT molecular complexity index is 789. The molecular weight excluding hydrogens is 388 g/mol. The molecule has 1 saturated heterocycles. The van der Waals surface area contributed by atoms with Gasteiger partial charge in [-0.2, -0.15) is 0 Å². The third kappa shape index (κ3) is 5.12. The Morgan fingerprint density at radius 2 is 1.81 bits per heavy atom. The lowest BCUT2D eigenvalue weighted by molar-refractivity contribution is -0.132. The first-order valence-electron chi connectivity index (χ1n) is 8.84. The van der Waals surface area contributed by atoms with Crippen LogP contribution in [0.3, 0.4) is 0 Å². The molecule has 1 amide bonds. The van der Waals surface area contributed by atoms with Crippen LogP contribution >= 0.6 is 23.2 Å². The van der Waals surface area contributed by atoms with Crippen LogP contribution in [0.25, 0.3) is 0 Å². The molecule has 0 bridgehead atoms. The number of nitrogens with zero attached hydrogens (tertiary/aromatic N) is 3. The third-order valence-electron chi connectivity index (χ3n) is 4.70. The van der Waals surface area contributed by atoms with Crippen LogP contribution in [-0.4, -0.2) is 55.5 Å². The van der Waals surface area contributed by atoms with Crippen LogP contribution in [0, 0.1) is 5.82 Å². The number of hydrogen-bond acceptors (Lipinski definition) is 3. The summed E-state index contributed by atoms with van der Waals surface area (Å²) < 4.78 is 13.9. The van der Waals surface area contributed by atoms with E-state index in [9.17, 15) is 9.18 Å². The van der Waals surface area contributed by atoms with Crippen LogP contribution in [0.5, 0.6) is 0 Å². The maximum absolute atomic E-state index is 13.9. The fourth-order valence-electron chi connectivity index (χ4n) is 3.23. The number of halogens is 3. The Morgan fingerprint density at radius 1 is 1.11 bits per heavy atom. The number of hydrogen-bond donors (Lipinski definition) is 0. The van der Waals surface area contributed by atoms with Crippen molar-refractivity contribution in [2.24, 2.45) is 0 Å². The van der Waals surface area contributed by atoms with Crippen LogP contribution in [-0.2, 0) is 11.3 Å². The van der Waals surface area contributed by atoms with E-state index >= 15 is 0 Å². The highest BCUT2D eigenvalue weighted by Gasteiger charge is 2.22. The minimum atomic E-state index is -0.350. The molecule has 0 radical (unpaired) electrons. The van der Waals surface area contributed by atoms with Crippen molar-refractivity contribution in [2.45, 2.75) is 6.54 Å². The van der Waals surface area contributed by atoms with Crippen molar-refractivity contribution in [3.8, 4) is 0 Å². The first-order chi connectivity index (χ1) is 12.9. The highest BCUT2D eigenvalue weighted by Crippen LogP contribution is 2.22. The van der Waals surface area contributed by atoms with Crippen LogP contribution in [0.1, 0.15) is 5.56 Å². The molecule has 1 aliphatic heterocycles. The standard InChI is InChI=1S/C20H22Cl2FN3O/c1-24(13-17-18(22)6-3-7-19(17)23)14-20(27)26-10-8-25(9-11-26)16-5-2-4-15(21)12-16/h2-7,12H,8-11,13-14H2,1H3. The number of amides is 1. The molecule has 1 aliphatic rings. The largest absolute Gasteiger partial charge is 0.368 e. The summed E-state index contributed by atoms with van der Waals surface area (Å²) in [6, 6.07) is 12.4. The maximum Gasteiger partial charge on any atom is 0.236 e. The molecule has 3 rings (SSSR count). The van der Waals surface area contributed by atoms with Gasteiger partial charge in [0, 0.05) is 54.0 Å². The van der Waals surface area contributed by atoms with Crippen molar-refractivity contribution in [3.05, 3.63) is 63.9 Å². The molecule has 144 valence electrons. The van der Waals surface area contributed by atoms with Gasteiger partial charge >= 0.3 is 0 Å². The van der Waals surface area contributed by atoms with Gasteiger partial charge in [-0.25, -0.2) is 4.39 Å². The summed E-state index contributed by atoms with van der Waals surface area (Å²) in [5.74, 6) is -0.312. The summed E-state index contributed by atoms with van der Waals surface area (Å²) in [6.07, 6.45) is 0. The van der Waals surface area contributed by atoms with Crippen LogP contribution in [0.2, 0.25) is 10.0 Å². The van der Waals surface area contributed by atoms with E-state index in [2.05, 4.69) is 4.90 Å². The SMILES string of the molecule is CN(CC(=O)N1CCN(c2cccc(Cl)c2)CC1)Cc1c(F)cccc1Cl. The lowest BCUT2D eigenvalue weighted by Crippen LogP contribution is -2.51. The molecule has 0 N–H and O–H groups in total. The van der Waals surface area contributed by atoms with Gasteiger partial charge in [0.25, 0.3) is 0 Å². The van der Waals surface area contributed by atoms with Gasteiger partial charge in [0.2, 0.25) is 5.91 Å². The fraction of sp³-hybridized carbons (Fsp3) is 0.350. The highest BCUT2D eigenvalue weighted by atomic mass is 35.5. The van der Waals surface area contributed by atoms with Crippen molar-refractivity contribution in [2.75, 3.05) is 44.7 Å². The molecule has 0 aliphatic carbocycles. The van der Waals surface area contributed by atoms with Crippen LogP contribution in [0.4, 0.5) is 10.1 Å². The van der Waals surface area contributed by atoms with E-state index in [1.54, 1.807) is 24.1 Å². The van der Waals surface area contributed by atoms with E-state index in [1.807, 2.05) is 29.2 Å².